The number of rotatable bonds is 4. The van der Waals surface area contributed by atoms with Crippen LogP contribution >= 0.6 is 0 Å². The van der Waals surface area contributed by atoms with Crippen LogP contribution < -0.4 is 4.74 Å². The number of benzene rings is 1. The van der Waals surface area contributed by atoms with E-state index in [0.29, 0.717) is 11.3 Å². The molecule has 0 saturated heterocycles. The van der Waals surface area contributed by atoms with Gasteiger partial charge in [-0.1, -0.05) is 12.1 Å². The monoisotopic (exact) mass is 366 g/mol. The van der Waals surface area contributed by atoms with Gasteiger partial charge in [0, 0.05) is 18.1 Å². The molecule has 0 N–H and O–H groups in total. The molecule has 1 aromatic carbocycles. The molecule has 6 nitrogen and oxygen atoms in total. The molecule has 0 atom stereocenters. The number of aldehydes is 1. The fourth-order valence-electron chi connectivity index (χ4n) is 1.85. The van der Waals surface area contributed by atoms with E-state index >= 15 is 0 Å². The summed E-state index contributed by atoms with van der Waals surface area (Å²) in [6.07, 6.45) is 0.760. The Balaban J connectivity index is 0.000000660. The van der Waals surface area contributed by atoms with Crippen molar-refractivity contribution < 1.29 is 28.6 Å². The molecule has 0 bridgehead atoms. The van der Waals surface area contributed by atoms with Crippen LogP contribution in [0.1, 0.15) is 64.4 Å². The van der Waals surface area contributed by atoms with Gasteiger partial charge in [0.15, 0.2) is 6.61 Å². The maximum Gasteiger partial charge on any atom is 0.344 e. The minimum absolute atomic E-state index is 0.166. The highest BCUT2D eigenvalue weighted by Crippen LogP contribution is 2.20. The Kier molecular flexibility index (Phi) is 9.04. The van der Waals surface area contributed by atoms with Crippen LogP contribution in [0, 0.1) is 6.92 Å². The molecule has 0 aromatic heterocycles. The van der Waals surface area contributed by atoms with Crippen molar-refractivity contribution in [3.8, 4) is 5.75 Å². The molecule has 0 heterocycles. The lowest BCUT2D eigenvalue weighted by Crippen LogP contribution is -2.27. The molecule has 26 heavy (non-hydrogen) atoms. The van der Waals surface area contributed by atoms with Gasteiger partial charge in [-0.05, 0) is 54.5 Å². The molecule has 0 radical (unpaired) electrons. The first kappa shape index (κ1) is 23.6. The van der Waals surface area contributed by atoms with Crippen molar-refractivity contribution in [2.75, 3.05) is 6.61 Å². The number of carbonyl (C=O) groups is 3. The minimum Gasteiger partial charge on any atom is -0.482 e. The van der Waals surface area contributed by atoms with Gasteiger partial charge in [-0.3, -0.25) is 9.59 Å². The molecule has 1 rings (SSSR count). The van der Waals surface area contributed by atoms with Gasteiger partial charge < -0.3 is 14.2 Å². The highest BCUT2D eigenvalue weighted by atomic mass is 16.6. The van der Waals surface area contributed by atoms with Crippen molar-refractivity contribution in [1.82, 2.24) is 0 Å². The molecule has 1 aromatic rings. The Morgan fingerprint density at radius 3 is 1.92 bits per heavy atom. The standard InChI is InChI=1S/C14H18O4.C6H12O2/c1-10-11(8-15)6-5-7-12(10)17-9-13(16)18-14(2,3)4;1-5(7)8-6(2,3)4/h5-8H,9H2,1-4H3;1-4H3. The third kappa shape index (κ3) is 11.2. The van der Waals surface area contributed by atoms with Gasteiger partial charge in [0.25, 0.3) is 0 Å². The van der Waals surface area contributed by atoms with Crippen LogP contribution in [0.15, 0.2) is 18.2 Å². The van der Waals surface area contributed by atoms with Crippen molar-refractivity contribution >= 4 is 18.2 Å². The Labute approximate surface area is 155 Å². The molecule has 0 amide bonds. The highest BCUT2D eigenvalue weighted by Gasteiger charge is 2.17. The average Bonchev–Trinajstić information content (AvgIpc) is 2.42. The average molecular weight is 366 g/mol. The van der Waals surface area contributed by atoms with E-state index in [0.717, 1.165) is 11.8 Å². The van der Waals surface area contributed by atoms with E-state index in [4.69, 9.17) is 14.2 Å². The molecule has 0 aliphatic rings. The summed E-state index contributed by atoms with van der Waals surface area (Å²) < 4.78 is 15.3. The zero-order valence-electron chi connectivity index (χ0n) is 17.0. The van der Waals surface area contributed by atoms with Gasteiger partial charge in [0.1, 0.15) is 23.2 Å². The fourth-order valence-corrected chi connectivity index (χ4v) is 1.85. The smallest absolute Gasteiger partial charge is 0.344 e. The van der Waals surface area contributed by atoms with Crippen LogP contribution in [0.3, 0.4) is 0 Å². The first-order valence-corrected chi connectivity index (χ1v) is 8.34. The summed E-state index contributed by atoms with van der Waals surface area (Å²) in [5.41, 5.74) is 0.416. The molecule has 0 saturated carbocycles. The topological polar surface area (TPSA) is 78.9 Å². The lowest BCUT2D eigenvalue weighted by Gasteiger charge is -2.19. The van der Waals surface area contributed by atoms with E-state index in [1.807, 2.05) is 20.8 Å². The summed E-state index contributed by atoms with van der Waals surface area (Å²) in [6, 6.07) is 5.12. The summed E-state index contributed by atoms with van der Waals surface area (Å²) in [6.45, 7) is 13.9. The molecule has 0 unspecified atom stereocenters. The van der Waals surface area contributed by atoms with E-state index in [2.05, 4.69) is 0 Å². The number of carbonyl (C=O) groups excluding carboxylic acids is 3. The second kappa shape index (κ2) is 9.94. The zero-order valence-corrected chi connectivity index (χ0v) is 17.0. The highest BCUT2D eigenvalue weighted by molar-refractivity contribution is 5.78. The van der Waals surface area contributed by atoms with Crippen molar-refractivity contribution in [2.45, 2.75) is 66.6 Å². The molecule has 0 spiro atoms. The Morgan fingerprint density at radius 1 is 1.00 bits per heavy atom. The summed E-state index contributed by atoms with van der Waals surface area (Å²) in [5.74, 6) is -0.138. The van der Waals surface area contributed by atoms with E-state index in [1.54, 1.807) is 45.9 Å². The quantitative estimate of drug-likeness (QED) is 0.594. The summed E-state index contributed by atoms with van der Waals surface area (Å²) >= 11 is 0. The van der Waals surface area contributed by atoms with Crippen molar-refractivity contribution in [2.24, 2.45) is 0 Å². The molecular weight excluding hydrogens is 336 g/mol. The third-order valence-electron chi connectivity index (χ3n) is 2.67. The lowest BCUT2D eigenvalue weighted by atomic mass is 10.1. The summed E-state index contributed by atoms with van der Waals surface area (Å²) in [7, 11) is 0. The van der Waals surface area contributed by atoms with Crippen molar-refractivity contribution in [3.05, 3.63) is 29.3 Å². The van der Waals surface area contributed by atoms with Crippen LogP contribution in [0.5, 0.6) is 5.75 Å². The van der Waals surface area contributed by atoms with E-state index in [1.165, 1.54) is 6.92 Å². The van der Waals surface area contributed by atoms with Gasteiger partial charge in [-0.25, -0.2) is 4.79 Å². The first-order chi connectivity index (χ1) is 11.7. The first-order valence-electron chi connectivity index (χ1n) is 8.34. The van der Waals surface area contributed by atoms with E-state index in [9.17, 15) is 14.4 Å². The van der Waals surface area contributed by atoms with Gasteiger partial charge in [-0.15, -0.1) is 0 Å². The SMILES string of the molecule is CC(=O)OC(C)(C)C.Cc1c(C=O)cccc1OCC(=O)OC(C)(C)C. The maximum absolute atomic E-state index is 11.5. The third-order valence-corrected chi connectivity index (χ3v) is 2.67. The van der Waals surface area contributed by atoms with Gasteiger partial charge in [0.05, 0.1) is 0 Å². The molecule has 0 aliphatic carbocycles. The van der Waals surface area contributed by atoms with Crippen molar-refractivity contribution in [3.63, 3.8) is 0 Å². The zero-order chi connectivity index (χ0) is 20.5. The van der Waals surface area contributed by atoms with Crippen molar-refractivity contribution in [1.29, 1.82) is 0 Å². The van der Waals surface area contributed by atoms with Crippen LogP contribution in [0.4, 0.5) is 0 Å². The van der Waals surface area contributed by atoms with E-state index in [-0.39, 0.29) is 18.2 Å². The van der Waals surface area contributed by atoms with Gasteiger partial charge in [0.2, 0.25) is 0 Å². The predicted octanol–water partition coefficient (Wildman–Crippen LogP) is 3.88. The fraction of sp³-hybridized carbons (Fsp3) is 0.550. The van der Waals surface area contributed by atoms with E-state index < -0.39 is 11.6 Å². The van der Waals surface area contributed by atoms with Crippen LogP contribution in [0.25, 0.3) is 0 Å². The second-order valence-electron chi connectivity index (χ2n) is 7.67. The summed E-state index contributed by atoms with van der Waals surface area (Å²) in [4.78, 5) is 32.5. The molecule has 146 valence electrons. The Bertz CT molecular complexity index is 620. The second-order valence-corrected chi connectivity index (χ2v) is 7.67. The molecule has 0 fully saturated rings. The molecular formula is C20H30O6. The number of esters is 2. The number of hydrogen-bond acceptors (Lipinski definition) is 6. The normalized spacial score (nSPS) is 10.9. The molecule has 6 heteroatoms. The van der Waals surface area contributed by atoms with Crippen LogP contribution in [0.2, 0.25) is 0 Å². The number of ether oxygens (including phenoxy) is 3. The minimum atomic E-state index is -0.528. The van der Waals surface area contributed by atoms with Gasteiger partial charge >= 0.3 is 11.9 Å². The van der Waals surface area contributed by atoms with Crippen LogP contribution in [-0.2, 0) is 19.1 Å². The maximum atomic E-state index is 11.5. The predicted molar refractivity (Wildman–Crippen MR) is 99.4 cm³/mol. The number of hydrogen-bond donors (Lipinski definition) is 0. The Hall–Kier alpha value is -2.37. The molecule has 0 aliphatic heterocycles. The summed E-state index contributed by atoms with van der Waals surface area (Å²) in [5, 5.41) is 0. The lowest BCUT2D eigenvalue weighted by molar-refractivity contribution is -0.157. The van der Waals surface area contributed by atoms with Crippen LogP contribution in [-0.4, -0.2) is 36.0 Å². The Morgan fingerprint density at radius 2 is 1.54 bits per heavy atom. The van der Waals surface area contributed by atoms with Gasteiger partial charge in [-0.2, -0.15) is 0 Å². The largest absolute Gasteiger partial charge is 0.482 e.